The molecule has 0 aromatic heterocycles. The Kier molecular flexibility index (Phi) is 8.46. The third-order valence-corrected chi connectivity index (χ3v) is 1.94. The van der Waals surface area contributed by atoms with Gasteiger partial charge in [0, 0.05) is 6.54 Å². The largest absolute Gasteiger partial charge is 2.00 e. The Morgan fingerprint density at radius 3 is 2.33 bits per heavy atom. The van der Waals surface area contributed by atoms with Crippen molar-refractivity contribution in [3.63, 3.8) is 0 Å². The second-order valence-corrected chi connectivity index (χ2v) is 4.58. The van der Waals surface area contributed by atoms with Crippen LogP contribution in [0.5, 0.6) is 0 Å². The van der Waals surface area contributed by atoms with Crippen LogP contribution in [0.25, 0.3) is 0 Å². The van der Waals surface area contributed by atoms with Crippen molar-refractivity contribution in [1.29, 1.82) is 0 Å². The Bertz CT molecular complexity index is 206. The second-order valence-electron chi connectivity index (χ2n) is 4.58. The van der Waals surface area contributed by atoms with Gasteiger partial charge in [0.1, 0.15) is 5.60 Å². The number of carbonyl (C=O) groups is 1. The van der Waals surface area contributed by atoms with E-state index in [1.54, 1.807) is 4.90 Å². The average molecular weight is 377 g/mol. The molecule has 1 heterocycles. The molecule has 0 aliphatic carbocycles. The van der Waals surface area contributed by atoms with Crippen LogP contribution < -0.4 is 24.0 Å². The van der Waals surface area contributed by atoms with Crippen LogP contribution in [-0.4, -0.2) is 29.7 Å². The Balaban J connectivity index is 0. The van der Waals surface area contributed by atoms with E-state index in [0.29, 0.717) is 5.92 Å². The minimum atomic E-state index is -0.393. The summed E-state index contributed by atoms with van der Waals surface area (Å²) in [5.41, 5.74) is -0.393. The predicted octanol–water partition coefficient (Wildman–Crippen LogP) is -0.921. The van der Waals surface area contributed by atoms with E-state index in [1.165, 1.54) is 0 Å². The molecule has 3 nitrogen and oxygen atoms in total. The molecule has 5 heteroatoms. The van der Waals surface area contributed by atoms with Crippen LogP contribution in [0.1, 0.15) is 27.2 Å². The van der Waals surface area contributed by atoms with Crippen LogP contribution in [0.4, 0.5) is 4.79 Å². The summed E-state index contributed by atoms with van der Waals surface area (Å²) in [5.74, 6) is 0.368. The van der Waals surface area contributed by atoms with Gasteiger partial charge in [-0.3, -0.25) is 0 Å². The molecule has 0 saturated carbocycles. The van der Waals surface area contributed by atoms with E-state index in [2.05, 4.69) is 6.92 Å². The van der Waals surface area contributed by atoms with Gasteiger partial charge in [-0.15, -0.1) is 5.92 Å². The van der Waals surface area contributed by atoms with Crippen molar-refractivity contribution in [2.24, 2.45) is 5.92 Å². The Morgan fingerprint density at radius 2 is 2.00 bits per heavy atom. The van der Waals surface area contributed by atoms with Crippen molar-refractivity contribution in [2.45, 2.75) is 32.8 Å². The van der Waals surface area contributed by atoms with E-state index in [-0.39, 0.29) is 49.5 Å². The molecule has 15 heavy (non-hydrogen) atoms. The van der Waals surface area contributed by atoms with E-state index in [9.17, 15) is 4.79 Å². The van der Waals surface area contributed by atoms with Crippen LogP contribution in [-0.2, 0) is 24.2 Å². The Morgan fingerprint density at radius 1 is 1.47 bits per heavy atom. The molecule has 1 saturated heterocycles. The van der Waals surface area contributed by atoms with Gasteiger partial charge < -0.3 is 40.5 Å². The molecule has 84 valence electrons. The van der Waals surface area contributed by atoms with Gasteiger partial charge in [0.05, 0.1) is 0 Å². The molecule has 1 fully saturated rings. The molecule has 1 amide bonds. The van der Waals surface area contributed by atoms with Crippen molar-refractivity contribution < 1.29 is 53.0 Å². The van der Waals surface area contributed by atoms with Gasteiger partial charge in [0.2, 0.25) is 0 Å². The van der Waals surface area contributed by atoms with Crippen molar-refractivity contribution in [3.05, 3.63) is 6.92 Å². The predicted molar refractivity (Wildman–Crippen MR) is 51.3 cm³/mol. The molecule has 0 bridgehead atoms. The molecule has 1 atom stereocenters. The number of halogens is 1. The van der Waals surface area contributed by atoms with Gasteiger partial charge in [-0.2, -0.15) is 0 Å². The van der Waals surface area contributed by atoms with Gasteiger partial charge in [0.15, 0.2) is 0 Å². The standard InChI is InChI=1S/C10H18NO2.HI.Zn/c1-8-5-6-11(7-8)9(12)13-10(2,3)4;;/h8H,1,5-7H2,2-4H3;1H;/q-1;;+2/p-1/t8-;;/m1../s1. The molecule has 1 aliphatic heterocycles. The molecule has 0 unspecified atom stereocenters. The van der Waals surface area contributed by atoms with E-state index >= 15 is 0 Å². The molecule has 0 radical (unpaired) electrons. The van der Waals surface area contributed by atoms with Gasteiger partial charge in [0.25, 0.3) is 0 Å². The molecular formula is C10H18INO2Zn. The average Bonchev–Trinajstić information content (AvgIpc) is 2.31. The third kappa shape index (κ3) is 6.72. The molecule has 0 N–H and O–H groups in total. The number of amides is 1. The number of nitrogens with zero attached hydrogens (tertiary/aromatic N) is 1. The fourth-order valence-corrected chi connectivity index (χ4v) is 1.32. The van der Waals surface area contributed by atoms with Gasteiger partial charge >= 0.3 is 25.6 Å². The van der Waals surface area contributed by atoms with E-state index in [4.69, 9.17) is 4.74 Å². The molecule has 0 aromatic carbocycles. The third-order valence-electron chi connectivity index (χ3n) is 1.94. The number of hydrogen-bond acceptors (Lipinski definition) is 2. The fourth-order valence-electron chi connectivity index (χ4n) is 1.32. The first-order valence-electron chi connectivity index (χ1n) is 4.69. The summed E-state index contributed by atoms with van der Waals surface area (Å²) < 4.78 is 5.23. The first-order chi connectivity index (χ1) is 5.88. The second kappa shape index (κ2) is 7.05. The van der Waals surface area contributed by atoms with Crippen molar-refractivity contribution in [2.75, 3.05) is 13.1 Å². The van der Waals surface area contributed by atoms with Crippen molar-refractivity contribution in [1.82, 2.24) is 4.90 Å². The zero-order valence-corrected chi connectivity index (χ0v) is 14.9. The van der Waals surface area contributed by atoms with E-state index in [0.717, 1.165) is 19.5 Å². The van der Waals surface area contributed by atoms with Gasteiger partial charge in [-0.25, -0.2) is 4.79 Å². The Hall–Kier alpha value is 0.623. The quantitative estimate of drug-likeness (QED) is 0.311. The minimum Gasteiger partial charge on any atom is -1.00 e. The van der Waals surface area contributed by atoms with Crippen molar-refractivity contribution in [3.8, 4) is 0 Å². The minimum absolute atomic E-state index is 0. The van der Waals surface area contributed by atoms with E-state index < -0.39 is 5.60 Å². The monoisotopic (exact) mass is 375 g/mol. The van der Waals surface area contributed by atoms with E-state index in [1.807, 2.05) is 20.8 Å². The van der Waals surface area contributed by atoms with Crippen LogP contribution in [0.15, 0.2) is 0 Å². The first-order valence-corrected chi connectivity index (χ1v) is 4.69. The van der Waals surface area contributed by atoms with Gasteiger partial charge in [-0.1, -0.05) is 6.42 Å². The zero-order valence-electron chi connectivity index (χ0n) is 9.75. The van der Waals surface area contributed by atoms with Crippen LogP contribution in [0, 0.1) is 12.8 Å². The summed E-state index contributed by atoms with van der Waals surface area (Å²) in [6, 6.07) is 0. The molecule has 1 aliphatic rings. The van der Waals surface area contributed by atoms with Gasteiger partial charge in [-0.05, 0) is 27.3 Å². The number of ether oxygens (including phenoxy) is 1. The maximum Gasteiger partial charge on any atom is 2.00 e. The maximum atomic E-state index is 11.5. The number of hydrogen-bond donors (Lipinski definition) is 0. The summed E-state index contributed by atoms with van der Waals surface area (Å²) in [4.78, 5) is 13.2. The smallest absolute Gasteiger partial charge is 1.00 e. The Labute approximate surface area is 122 Å². The maximum absolute atomic E-state index is 11.5. The molecule has 0 spiro atoms. The summed E-state index contributed by atoms with van der Waals surface area (Å²) in [7, 11) is 0. The SMILES string of the molecule is [CH2-][C@@H]1CCN(C(=O)OC(C)(C)C)C1.[I-].[Zn+2]. The topological polar surface area (TPSA) is 29.5 Å². The van der Waals surface area contributed by atoms with Crippen LogP contribution in [0.3, 0.4) is 0 Å². The normalized spacial score (nSPS) is 20.3. The number of likely N-dealkylation sites (tertiary alicyclic amines) is 1. The van der Waals surface area contributed by atoms with Crippen LogP contribution in [0.2, 0.25) is 0 Å². The van der Waals surface area contributed by atoms with Crippen molar-refractivity contribution >= 4 is 6.09 Å². The molecular weight excluding hydrogens is 358 g/mol. The molecule has 0 aromatic rings. The summed E-state index contributed by atoms with van der Waals surface area (Å²) >= 11 is 0. The van der Waals surface area contributed by atoms with Crippen LogP contribution >= 0.6 is 0 Å². The number of rotatable bonds is 0. The molecule has 1 rings (SSSR count). The summed E-state index contributed by atoms with van der Waals surface area (Å²) in [6.45, 7) is 11.1. The number of carbonyl (C=O) groups excluding carboxylic acids is 1. The summed E-state index contributed by atoms with van der Waals surface area (Å²) in [5, 5.41) is 0. The fraction of sp³-hybridized carbons (Fsp3) is 0.800. The summed E-state index contributed by atoms with van der Waals surface area (Å²) in [6.07, 6.45) is 0.776. The first kappa shape index (κ1) is 18.0. The zero-order chi connectivity index (χ0) is 10.1.